The monoisotopic (exact) mass is 400 g/mol. The Bertz CT molecular complexity index is 836. The SMILES string of the molecule is Cc1ccc(Cl)cc1N1C(=NC(=O)CC(C)C)S[C@H]2CS(=O)(=O)C[C@@H]21. The Kier molecular flexibility index (Phi) is 5.19. The molecule has 1 aromatic rings. The van der Waals surface area contributed by atoms with Gasteiger partial charge in [-0.2, -0.15) is 4.99 Å². The van der Waals surface area contributed by atoms with Crippen LogP contribution in [0.4, 0.5) is 5.69 Å². The van der Waals surface area contributed by atoms with Crippen molar-refractivity contribution in [1.82, 2.24) is 0 Å². The van der Waals surface area contributed by atoms with Gasteiger partial charge in [-0.05, 0) is 30.5 Å². The summed E-state index contributed by atoms with van der Waals surface area (Å²) in [7, 11) is -3.08. The molecule has 2 aliphatic heterocycles. The lowest BCUT2D eigenvalue weighted by Crippen LogP contribution is -2.38. The fraction of sp³-hybridized carbons (Fsp3) is 0.529. The number of thioether (sulfide) groups is 1. The van der Waals surface area contributed by atoms with E-state index in [0.717, 1.165) is 11.3 Å². The molecule has 1 amide bonds. The molecular weight excluding hydrogens is 380 g/mol. The fourth-order valence-electron chi connectivity index (χ4n) is 3.19. The molecular formula is C17H21ClN2O3S2. The third-order valence-electron chi connectivity index (χ3n) is 4.30. The number of aliphatic imine (C=N–C) groups is 1. The molecule has 2 aliphatic rings. The van der Waals surface area contributed by atoms with Crippen molar-refractivity contribution in [2.45, 2.75) is 38.5 Å². The Morgan fingerprint density at radius 3 is 2.80 bits per heavy atom. The minimum absolute atomic E-state index is 0.0774. The number of rotatable bonds is 3. The lowest BCUT2D eigenvalue weighted by atomic mass is 10.1. The summed E-state index contributed by atoms with van der Waals surface area (Å²) in [5, 5.41) is 1.05. The van der Waals surface area contributed by atoms with E-state index in [2.05, 4.69) is 4.99 Å². The minimum atomic E-state index is -3.08. The van der Waals surface area contributed by atoms with E-state index in [0.29, 0.717) is 16.6 Å². The first-order valence-corrected chi connectivity index (χ1v) is 11.3. The summed E-state index contributed by atoms with van der Waals surface area (Å²) in [5.74, 6) is 0.249. The summed E-state index contributed by atoms with van der Waals surface area (Å²) < 4.78 is 24.1. The molecule has 0 aliphatic carbocycles. The van der Waals surface area contributed by atoms with E-state index in [1.807, 2.05) is 37.8 Å². The summed E-state index contributed by atoms with van der Waals surface area (Å²) in [6.07, 6.45) is 0.375. The van der Waals surface area contributed by atoms with E-state index < -0.39 is 9.84 Å². The van der Waals surface area contributed by atoms with Gasteiger partial charge in [0, 0.05) is 22.4 Å². The zero-order valence-electron chi connectivity index (χ0n) is 14.4. The zero-order chi connectivity index (χ0) is 18.4. The van der Waals surface area contributed by atoms with Gasteiger partial charge in [0.1, 0.15) is 0 Å². The third-order valence-corrected chi connectivity index (χ3v) is 7.75. The zero-order valence-corrected chi connectivity index (χ0v) is 16.8. The second-order valence-electron chi connectivity index (χ2n) is 6.99. The number of hydrogen-bond acceptors (Lipinski definition) is 4. The quantitative estimate of drug-likeness (QED) is 0.778. The number of fused-ring (bicyclic) bond motifs is 1. The molecule has 0 unspecified atom stereocenters. The van der Waals surface area contributed by atoms with Gasteiger partial charge in [0.2, 0.25) is 5.91 Å². The van der Waals surface area contributed by atoms with Crippen molar-refractivity contribution in [3.05, 3.63) is 28.8 Å². The number of sulfone groups is 1. The van der Waals surface area contributed by atoms with Crippen molar-refractivity contribution in [1.29, 1.82) is 0 Å². The number of carbonyl (C=O) groups is 1. The Morgan fingerprint density at radius 2 is 2.12 bits per heavy atom. The number of hydrogen-bond donors (Lipinski definition) is 0. The lowest BCUT2D eigenvalue weighted by molar-refractivity contribution is -0.118. The summed E-state index contributed by atoms with van der Waals surface area (Å²) >= 11 is 7.55. The van der Waals surface area contributed by atoms with E-state index in [1.54, 1.807) is 6.07 Å². The van der Waals surface area contributed by atoms with Gasteiger partial charge < -0.3 is 4.90 Å². The Morgan fingerprint density at radius 1 is 1.40 bits per heavy atom. The van der Waals surface area contributed by atoms with Crippen LogP contribution in [0.2, 0.25) is 5.02 Å². The summed E-state index contributed by atoms with van der Waals surface area (Å²) in [6, 6.07) is 5.30. The first-order valence-electron chi connectivity index (χ1n) is 8.20. The number of halogens is 1. The smallest absolute Gasteiger partial charge is 0.248 e. The summed E-state index contributed by atoms with van der Waals surface area (Å²) in [4.78, 5) is 18.4. The Labute approximate surface area is 157 Å². The molecule has 8 heteroatoms. The van der Waals surface area contributed by atoms with Crippen LogP contribution in [0.15, 0.2) is 23.2 Å². The maximum atomic E-state index is 12.2. The highest BCUT2D eigenvalue weighted by atomic mass is 35.5. The molecule has 2 saturated heterocycles. The van der Waals surface area contributed by atoms with Crippen LogP contribution in [0.3, 0.4) is 0 Å². The van der Waals surface area contributed by atoms with Crippen LogP contribution in [0.25, 0.3) is 0 Å². The van der Waals surface area contributed by atoms with Crippen LogP contribution in [-0.2, 0) is 14.6 Å². The maximum Gasteiger partial charge on any atom is 0.248 e. The fourth-order valence-corrected chi connectivity index (χ4v) is 7.28. The normalized spacial score (nSPS) is 26.4. The van der Waals surface area contributed by atoms with Crippen molar-refractivity contribution in [2.75, 3.05) is 16.4 Å². The van der Waals surface area contributed by atoms with Crippen LogP contribution in [-0.4, -0.2) is 42.3 Å². The molecule has 5 nitrogen and oxygen atoms in total. The molecule has 1 aromatic carbocycles. The summed E-state index contributed by atoms with van der Waals surface area (Å²) in [6.45, 7) is 5.89. The van der Waals surface area contributed by atoms with Gasteiger partial charge in [-0.1, -0.05) is 43.3 Å². The molecule has 0 aromatic heterocycles. The minimum Gasteiger partial charge on any atom is -0.315 e. The van der Waals surface area contributed by atoms with Crippen molar-refractivity contribution in [3.8, 4) is 0 Å². The molecule has 0 N–H and O–H groups in total. The number of amides is 1. The first kappa shape index (κ1) is 18.7. The molecule has 25 heavy (non-hydrogen) atoms. The second kappa shape index (κ2) is 6.93. The van der Waals surface area contributed by atoms with Crippen LogP contribution in [0.5, 0.6) is 0 Å². The van der Waals surface area contributed by atoms with Gasteiger partial charge >= 0.3 is 0 Å². The molecule has 136 valence electrons. The second-order valence-corrected chi connectivity index (χ2v) is 10.8. The van der Waals surface area contributed by atoms with Gasteiger partial charge in [0.25, 0.3) is 0 Å². The van der Waals surface area contributed by atoms with Crippen LogP contribution >= 0.6 is 23.4 Å². The Balaban J connectivity index is 2.02. The predicted octanol–water partition coefficient (Wildman–Crippen LogP) is 3.30. The maximum absolute atomic E-state index is 12.2. The topological polar surface area (TPSA) is 66.8 Å². The van der Waals surface area contributed by atoms with Gasteiger partial charge in [0.15, 0.2) is 15.0 Å². The summed E-state index contributed by atoms with van der Waals surface area (Å²) in [5.41, 5.74) is 1.79. The Hall–Kier alpha value is -1.05. The average Bonchev–Trinajstić information content (AvgIpc) is 2.92. The van der Waals surface area contributed by atoms with Gasteiger partial charge in [-0.25, -0.2) is 8.42 Å². The highest BCUT2D eigenvalue weighted by Crippen LogP contribution is 2.42. The number of benzene rings is 1. The third kappa shape index (κ3) is 4.04. The molecule has 0 bridgehead atoms. The van der Waals surface area contributed by atoms with E-state index in [-0.39, 0.29) is 34.6 Å². The molecule has 0 spiro atoms. The highest BCUT2D eigenvalue weighted by Gasteiger charge is 2.49. The van der Waals surface area contributed by atoms with Crippen molar-refractivity contribution in [3.63, 3.8) is 0 Å². The highest BCUT2D eigenvalue weighted by molar-refractivity contribution is 8.16. The van der Waals surface area contributed by atoms with Crippen LogP contribution in [0, 0.1) is 12.8 Å². The van der Waals surface area contributed by atoms with Crippen molar-refractivity contribution < 1.29 is 13.2 Å². The number of aryl methyl sites for hydroxylation is 1. The van der Waals surface area contributed by atoms with Crippen molar-refractivity contribution in [2.24, 2.45) is 10.9 Å². The number of anilines is 1. The van der Waals surface area contributed by atoms with Gasteiger partial charge in [0.05, 0.1) is 17.5 Å². The van der Waals surface area contributed by atoms with Crippen LogP contribution in [0.1, 0.15) is 25.8 Å². The van der Waals surface area contributed by atoms with E-state index in [4.69, 9.17) is 11.6 Å². The molecule has 0 radical (unpaired) electrons. The average molecular weight is 401 g/mol. The predicted molar refractivity (Wildman–Crippen MR) is 104 cm³/mol. The van der Waals surface area contributed by atoms with Crippen molar-refractivity contribution >= 4 is 50.0 Å². The van der Waals surface area contributed by atoms with E-state index in [9.17, 15) is 13.2 Å². The molecule has 0 saturated carbocycles. The molecule has 2 heterocycles. The number of amidine groups is 1. The number of carbonyl (C=O) groups excluding carboxylic acids is 1. The molecule has 2 atom stereocenters. The first-order chi connectivity index (χ1) is 11.7. The van der Waals surface area contributed by atoms with E-state index in [1.165, 1.54) is 11.8 Å². The number of nitrogens with zero attached hydrogens (tertiary/aromatic N) is 2. The van der Waals surface area contributed by atoms with Gasteiger partial charge in [-0.15, -0.1) is 0 Å². The standard InChI is InChI=1S/C17H21ClN2O3S2/c1-10(2)6-16(21)19-17-20(13-7-12(18)5-4-11(13)3)14-8-25(22,23)9-15(14)24-17/h4-5,7,10,14-15H,6,8-9H2,1-3H3/t14-,15-/m0/s1. The van der Waals surface area contributed by atoms with E-state index >= 15 is 0 Å². The van der Waals surface area contributed by atoms with Gasteiger partial charge in [-0.3, -0.25) is 4.79 Å². The molecule has 3 rings (SSSR count). The molecule has 2 fully saturated rings. The lowest BCUT2D eigenvalue weighted by Gasteiger charge is -2.26. The largest absolute Gasteiger partial charge is 0.315 e. The van der Waals surface area contributed by atoms with Crippen LogP contribution < -0.4 is 4.90 Å².